The molecule has 24 heavy (non-hydrogen) atoms. The summed E-state index contributed by atoms with van der Waals surface area (Å²) in [6.45, 7) is 2.75. The Morgan fingerprint density at radius 3 is 2.33 bits per heavy atom. The molecule has 0 saturated carbocycles. The van der Waals surface area contributed by atoms with Crippen molar-refractivity contribution in [3.8, 4) is 12.1 Å². The lowest BCUT2D eigenvalue weighted by atomic mass is 10.0. The van der Waals surface area contributed by atoms with Gasteiger partial charge in [0.2, 0.25) is 10.0 Å². The second kappa shape index (κ2) is 8.79. The van der Waals surface area contributed by atoms with Gasteiger partial charge in [0.15, 0.2) is 0 Å². The molecule has 1 atom stereocenters. The van der Waals surface area contributed by atoms with E-state index in [2.05, 4.69) is 17.0 Å². The molecule has 1 saturated heterocycles. The highest BCUT2D eigenvalue weighted by molar-refractivity contribution is 7.88. The minimum Gasteiger partial charge on any atom is -0.299 e. The zero-order valence-corrected chi connectivity index (χ0v) is 14.5. The first-order chi connectivity index (χ1) is 11.5. The van der Waals surface area contributed by atoms with Crippen LogP contribution in [0.2, 0.25) is 0 Å². The minimum atomic E-state index is -3.31. The zero-order chi connectivity index (χ0) is 17.4. The van der Waals surface area contributed by atoms with Crippen LogP contribution in [0.25, 0.3) is 0 Å². The fourth-order valence-corrected chi connectivity index (χ4v) is 4.33. The van der Waals surface area contributed by atoms with Crippen LogP contribution in [0, 0.1) is 28.6 Å². The summed E-state index contributed by atoms with van der Waals surface area (Å²) in [5.74, 6) is -0.145. The molecule has 0 spiro atoms. The van der Waals surface area contributed by atoms with Gasteiger partial charge in [0.05, 0.1) is 23.8 Å². The Bertz CT molecular complexity index is 698. The fraction of sp³-hybridized carbons (Fsp3) is 0.529. The minimum absolute atomic E-state index is 0.0246. The van der Waals surface area contributed by atoms with Gasteiger partial charge in [-0.15, -0.1) is 0 Å². The number of hydrogen-bond acceptors (Lipinski definition) is 5. The van der Waals surface area contributed by atoms with Crippen molar-refractivity contribution in [2.75, 3.05) is 32.7 Å². The summed E-state index contributed by atoms with van der Waals surface area (Å²) in [5, 5.41) is 17.8. The van der Waals surface area contributed by atoms with Gasteiger partial charge >= 0.3 is 0 Å². The second-order valence-corrected chi connectivity index (χ2v) is 7.93. The van der Waals surface area contributed by atoms with E-state index in [4.69, 9.17) is 10.5 Å². The van der Waals surface area contributed by atoms with Crippen molar-refractivity contribution in [1.29, 1.82) is 10.5 Å². The number of sulfonamides is 1. The summed E-state index contributed by atoms with van der Waals surface area (Å²) in [5.41, 5.74) is 0.793. The number of rotatable bonds is 7. The number of benzene rings is 1. The number of nitriles is 2. The Kier molecular flexibility index (Phi) is 6.74. The maximum Gasteiger partial charge on any atom is 0.218 e. The molecule has 2 rings (SSSR count). The normalized spacial score (nSPS) is 17.8. The molecule has 0 bridgehead atoms. The molecule has 1 heterocycles. The molecule has 0 N–H and O–H groups in total. The predicted molar refractivity (Wildman–Crippen MR) is 91.0 cm³/mol. The standard InChI is InChI=1S/C17H22N4O2S/c18-8-4-7-17(13-19)14-20-9-11-21(12-10-20)24(22,23)15-16-5-2-1-3-6-16/h1-3,5-6,17H,4,7,9-12,14-15H2. The van der Waals surface area contributed by atoms with Crippen LogP contribution in [0.15, 0.2) is 30.3 Å². The van der Waals surface area contributed by atoms with Gasteiger partial charge in [-0.1, -0.05) is 30.3 Å². The molecule has 1 fully saturated rings. The molecular formula is C17H22N4O2S. The summed E-state index contributed by atoms with van der Waals surface area (Å²) in [4.78, 5) is 2.11. The van der Waals surface area contributed by atoms with E-state index in [0.29, 0.717) is 45.6 Å². The highest BCUT2D eigenvalue weighted by atomic mass is 32.2. The van der Waals surface area contributed by atoms with E-state index in [1.807, 2.05) is 30.3 Å². The van der Waals surface area contributed by atoms with Crippen LogP contribution in [0.4, 0.5) is 0 Å². The molecule has 1 unspecified atom stereocenters. The lowest BCUT2D eigenvalue weighted by Gasteiger charge is -2.34. The van der Waals surface area contributed by atoms with E-state index in [1.165, 1.54) is 4.31 Å². The molecule has 0 radical (unpaired) electrons. The first-order valence-corrected chi connectivity index (χ1v) is 9.67. The summed E-state index contributed by atoms with van der Waals surface area (Å²) >= 11 is 0. The van der Waals surface area contributed by atoms with Crippen LogP contribution in [-0.2, 0) is 15.8 Å². The van der Waals surface area contributed by atoms with E-state index in [0.717, 1.165) is 5.56 Å². The van der Waals surface area contributed by atoms with Crippen molar-refractivity contribution in [2.45, 2.75) is 18.6 Å². The predicted octanol–water partition coefficient (Wildman–Crippen LogP) is 1.58. The van der Waals surface area contributed by atoms with Gasteiger partial charge < -0.3 is 0 Å². The van der Waals surface area contributed by atoms with Crippen LogP contribution in [-0.4, -0.2) is 50.3 Å². The third-order valence-electron chi connectivity index (χ3n) is 4.18. The van der Waals surface area contributed by atoms with Crippen molar-refractivity contribution in [3.63, 3.8) is 0 Å². The van der Waals surface area contributed by atoms with E-state index < -0.39 is 10.0 Å². The van der Waals surface area contributed by atoms with Gasteiger partial charge in [0.1, 0.15) is 0 Å². The molecule has 6 nitrogen and oxygen atoms in total. The van der Waals surface area contributed by atoms with Crippen molar-refractivity contribution in [1.82, 2.24) is 9.21 Å². The van der Waals surface area contributed by atoms with Gasteiger partial charge in [-0.3, -0.25) is 4.90 Å². The molecule has 0 aliphatic carbocycles. The molecular weight excluding hydrogens is 324 g/mol. The Hall–Kier alpha value is -1.93. The third-order valence-corrected chi connectivity index (χ3v) is 6.03. The van der Waals surface area contributed by atoms with Gasteiger partial charge in [-0.25, -0.2) is 8.42 Å². The second-order valence-electron chi connectivity index (χ2n) is 5.96. The highest BCUT2D eigenvalue weighted by Crippen LogP contribution is 2.15. The molecule has 1 aromatic carbocycles. The first kappa shape index (κ1) is 18.4. The number of hydrogen-bond donors (Lipinski definition) is 0. The Morgan fingerprint density at radius 1 is 1.08 bits per heavy atom. The topological polar surface area (TPSA) is 88.2 Å². The van der Waals surface area contributed by atoms with Crippen LogP contribution in [0.3, 0.4) is 0 Å². The molecule has 1 aliphatic rings. The van der Waals surface area contributed by atoms with Gasteiger partial charge in [-0.2, -0.15) is 14.8 Å². The summed E-state index contributed by atoms with van der Waals surface area (Å²) in [7, 11) is -3.31. The summed E-state index contributed by atoms with van der Waals surface area (Å²) < 4.78 is 26.5. The molecule has 1 aliphatic heterocycles. The van der Waals surface area contributed by atoms with E-state index in [1.54, 1.807) is 0 Å². The van der Waals surface area contributed by atoms with Gasteiger partial charge in [-0.05, 0) is 12.0 Å². The lowest BCUT2D eigenvalue weighted by Crippen LogP contribution is -2.49. The van der Waals surface area contributed by atoms with E-state index in [9.17, 15) is 8.42 Å². The van der Waals surface area contributed by atoms with Crippen LogP contribution >= 0.6 is 0 Å². The van der Waals surface area contributed by atoms with Gasteiger partial charge in [0, 0.05) is 39.1 Å². The van der Waals surface area contributed by atoms with Crippen LogP contribution in [0.1, 0.15) is 18.4 Å². The third kappa shape index (κ3) is 5.31. The van der Waals surface area contributed by atoms with Crippen molar-refractivity contribution in [3.05, 3.63) is 35.9 Å². The molecule has 7 heteroatoms. The largest absolute Gasteiger partial charge is 0.299 e. The average molecular weight is 346 g/mol. The van der Waals surface area contributed by atoms with Crippen molar-refractivity contribution >= 4 is 10.0 Å². The highest BCUT2D eigenvalue weighted by Gasteiger charge is 2.27. The maximum atomic E-state index is 12.5. The molecule has 128 valence electrons. The van der Waals surface area contributed by atoms with Crippen molar-refractivity contribution in [2.24, 2.45) is 5.92 Å². The number of nitrogens with zero attached hydrogens (tertiary/aromatic N) is 4. The molecule has 0 amide bonds. The Labute approximate surface area is 144 Å². The first-order valence-electron chi connectivity index (χ1n) is 8.06. The van der Waals surface area contributed by atoms with E-state index in [-0.39, 0.29) is 11.7 Å². The maximum absolute atomic E-state index is 12.5. The van der Waals surface area contributed by atoms with E-state index >= 15 is 0 Å². The van der Waals surface area contributed by atoms with Crippen LogP contribution in [0.5, 0.6) is 0 Å². The molecule has 0 aromatic heterocycles. The summed E-state index contributed by atoms with van der Waals surface area (Å²) in [6.07, 6.45) is 0.948. The summed E-state index contributed by atoms with van der Waals surface area (Å²) in [6, 6.07) is 13.5. The Balaban J connectivity index is 1.86. The SMILES string of the molecule is N#CCCC(C#N)CN1CCN(S(=O)(=O)Cc2ccccc2)CC1. The van der Waals surface area contributed by atoms with Crippen LogP contribution < -0.4 is 0 Å². The molecule has 1 aromatic rings. The Morgan fingerprint density at radius 2 is 1.75 bits per heavy atom. The lowest BCUT2D eigenvalue weighted by molar-refractivity contribution is 0.173. The average Bonchev–Trinajstić information content (AvgIpc) is 2.59. The fourth-order valence-electron chi connectivity index (χ4n) is 2.81. The smallest absolute Gasteiger partial charge is 0.218 e. The monoisotopic (exact) mass is 346 g/mol. The zero-order valence-electron chi connectivity index (χ0n) is 13.6. The van der Waals surface area contributed by atoms with Gasteiger partial charge in [0.25, 0.3) is 0 Å². The van der Waals surface area contributed by atoms with Crippen molar-refractivity contribution < 1.29 is 8.42 Å². The number of piperazine rings is 1. The quantitative estimate of drug-likeness (QED) is 0.748.